The van der Waals surface area contributed by atoms with Crippen LogP contribution in [0.25, 0.3) is 22.0 Å². The van der Waals surface area contributed by atoms with E-state index < -0.39 is 18.1 Å². The van der Waals surface area contributed by atoms with Crippen molar-refractivity contribution in [3.8, 4) is 28.7 Å². The highest BCUT2D eigenvalue weighted by molar-refractivity contribution is 6.32. The molecule has 2 heterocycles. The number of pyridine rings is 2. The second kappa shape index (κ2) is 13.7. The van der Waals surface area contributed by atoms with Crippen LogP contribution in [0.2, 0.25) is 5.02 Å². The van der Waals surface area contributed by atoms with Gasteiger partial charge in [-0.1, -0.05) is 48.0 Å². The molecule has 1 unspecified atom stereocenters. The van der Waals surface area contributed by atoms with Crippen molar-refractivity contribution >= 4 is 28.5 Å². The molecule has 9 nitrogen and oxygen atoms in total. The lowest BCUT2D eigenvalue weighted by Gasteiger charge is -2.25. The second-order valence-electron chi connectivity index (χ2n) is 10.8. The van der Waals surface area contributed by atoms with E-state index in [1.165, 1.54) is 13.1 Å². The first kappa shape index (κ1) is 31.4. The zero-order chi connectivity index (χ0) is 32.0. The predicted octanol–water partition coefficient (Wildman–Crippen LogP) is 6.21. The molecular formula is C35H31ClN4O5. The third-order valence-electron chi connectivity index (χ3n) is 7.62. The fourth-order valence-electron chi connectivity index (χ4n) is 4.76. The maximum absolute atomic E-state index is 11.7. The molecule has 45 heavy (non-hydrogen) atoms. The number of carboxylic acids is 1. The molecular weight excluding hydrogens is 592 g/mol. The summed E-state index contributed by atoms with van der Waals surface area (Å²) in [5.74, 6) is -0.433. The minimum Gasteiger partial charge on any atom is -0.488 e. The number of hydrogen-bond acceptors (Lipinski definition) is 8. The summed E-state index contributed by atoms with van der Waals surface area (Å²) < 4.78 is 12.3. The van der Waals surface area contributed by atoms with Crippen LogP contribution >= 0.6 is 11.6 Å². The molecule has 0 aliphatic carbocycles. The Balaban J connectivity index is 1.40. The minimum absolute atomic E-state index is 0.0378. The van der Waals surface area contributed by atoms with E-state index in [4.69, 9.17) is 21.1 Å². The number of rotatable bonds is 12. The van der Waals surface area contributed by atoms with Gasteiger partial charge in [-0.05, 0) is 54.8 Å². The van der Waals surface area contributed by atoms with Gasteiger partial charge in [0.25, 0.3) is 0 Å². The van der Waals surface area contributed by atoms with E-state index in [2.05, 4.69) is 33.5 Å². The number of aliphatic carboxylic acids is 1. The maximum Gasteiger partial charge on any atom is 0.326 e. The number of para-hydroxylation sites is 1. The summed E-state index contributed by atoms with van der Waals surface area (Å²) in [4.78, 5) is 20.4. The molecule has 0 aliphatic rings. The lowest BCUT2D eigenvalue weighted by Crippen LogP contribution is -2.52. The van der Waals surface area contributed by atoms with Crippen molar-refractivity contribution in [3.63, 3.8) is 0 Å². The van der Waals surface area contributed by atoms with Crippen LogP contribution in [0.3, 0.4) is 0 Å². The van der Waals surface area contributed by atoms with Crippen LogP contribution in [0.5, 0.6) is 11.5 Å². The Bertz CT molecular complexity index is 1910. The van der Waals surface area contributed by atoms with Crippen molar-refractivity contribution in [2.75, 3.05) is 6.61 Å². The standard InChI is InChI=1S/C35H31ClN4O5/c1-22-26(7-5-8-29(22)27-11-25-6-3-4-9-31(25)39-17-27)20-45-33-13-32(44-19-24-10-23(14-37)15-38-16-24)28(12-30(33)36)18-40-35(2,21-41)34(42)43/h3-13,15-17,40-41H,18-21H2,1-2H3,(H,42,43). The molecule has 3 aromatic carbocycles. The summed E-state index contributed by atoms with van der Waals surface area (Å²) >= 11 is 6.66. The van der Waals surface area contributed by atoms with E-state index in [0.29, 0.717) is 33.2 Å². The average molecular weight is 623 g/mol. The Morgan fingerprint density at radius 2 is 1.80 bits per heavy atom. The summed E-state index contributed by atoms with van der Waals surface area (Å²) in [5.41, 5.74) is 5.04. The number of halogens is 1. The van der Waals surface area contributed by atoms with Crippen LogP contribution < -0.4 is 14.8 Å². The smallest absolute Gasteiger partial charge is 0.326 e. The molecule has 5 rings (SSSR count). The van der Waals surface area contributed by atoms with E-state index >= 15 is 0 Å². The molecule has 1 atom stereocenters. The zero-order valence-corrected chi connectivity index (χ0v) is 25.5. The number of fused-ring (bicyclic) bond motifs is 1. The lowest BCUT2D eigenvalue weighted by molar-refractivity contribution is -0.145. The Morgan fingerprint density at radius 1 is 1.00 bits per heavy atom. The van der Waals surface area contributed by atoms with Gasteiger partial charge in [0.2, 0.25) is 0 Å². The van der Waals surface area contributed by atoms with Gasteiger partial charge in [-0.25, -0.2) is 0 Å². The number of nitriles is 1. The van der Waals surface area contributed by atoms with Crippen LogP contribution in [0.1, 0.15) is 34.7 Å². The number of aliphatic hydroxyl groups excluding tert-OH is 1. The van der Waals surface area contributed by atoms with Crippen molar-refractivity contribution in [2.45, 2.75) is 39.1 Å². The van der Waals surface area contributed by atoms with Crippen molar-refractivity contribution in [1.82, 2.24) is 15.3 Å². The quantitative estimate of drug-likeness (QED) is 0.148. The number of aliphatic hydroxyl groups is 1. The average Bonchev–Trinajstić information content (AvgIpc) is 3.06. The first-order valence-corrected chi connectivity index (χ1v) is 14.5. The van der Waals surface area contributed by atoms with Gasteiger partial charge in [-0.2, -0.15) is 5.26 Å². The van der Waals surface area contributed by atoms with Gasteiger partial charge in [0.1, 0.15) is 36.3 Å². The summed E-state index contributed by atoms with van der Waals surface area (Å²) in [6.07, 6.45) is 4.93. The van der Waals surface area contributed by atoms with Crippen molar-refractivity contribution < 1.29 is 24.5 Å². The van der Waals surface area contributed by atoms with Crippen LogP contribution in [0, 0.1) is 18.3 Å². The number of nitrogens with zero attached hydrogens (tertiary/aromatic N) is 3. The van der Waals surface area contributed by atoms with E-state index in [-0.39, 0.29) is 19.8 Å². The van der Waals surface area contributed by atoms with Gasteiger partial charge in [0, 0.05) is 53.3 Å². The fraction of sp³-hybridized carbons (Fsp3) is 0.200. The zero-order valence-electron chi connectivity index (χ0n) is 24.8. The molecule has 0 radical (unpaired) electrons. The van der Waals surface area contributed by atoms with Gasteiger partial charge >= 0.3 is 5.97 Å². The van der Waals surface area contributed by atoms with Crippen LogP contribution in [0.4, 0.5) is 0 Å². The number of nitrogens with one attached hydrogen (secondary N) is 1. The van der Waals surface area contributed by atoms with E-state index in [9.17, 15) is 20.3 Å². The third kappa shape index (κ3) is 7.21. The monoisotopic (exact) mass is 622 g/mol. The molecule has 228 valence electrons. The number of aromatic nitrogens is 2. The molecule has 0 fully saturated rings. The minimum atomic E-state index is -1.58. The first-order valence-electron chi connectivity index (χ1n) is 14.2. The molecule has 0 amide bonds. The molecule has 0 aliphatic heterocycles. The highest BCUT2D eigenvalue weighted by Crippen LogP contribution is 2.35. The SMILES string of the molecule is Cc1c(COc2cc(OCc3cncc(C#N)c3)c(CNC(C)(CO)C(=O)O)cc2Cl)cccc1-c1cnc2ccccc2c1. The summed E-state index contributed by atoms with van der Waals surface area (Å²) in [6, 6.07) is 23.2. The van der Waals surface area contributed by atoms with Crippen LogP contribution in [-0.2, 0) is 24.6 Å². The van der Waals surface area contributed by atoms with Gasteiger partial charge in [-0.15, -0.1) is 0 Å². The van der Waals surface area contributed by atoms with Crippen LogP contribution in [-0.4, -0.2) is 38.3 Å². The molecule has 0 spiro atoms. The molecule has 0 saturated heterocycles. The topological polar surface area (TPSA) is 138 Å². The predicted molar refractivity (Wildman–Crippen MR) is 171 cm³/mol. The van der Waals surface area contributed by atoms with E-state index in [1.807, 2.05) is 49.5 Å². The highest BCUT2D eigenvalue weighted by atomic mass is 35.5. The Hall–Kier alpha value is -5.01. The Morgan fingerprint density at radius 3 is 2.58 bits per heavy atom. The van der Waals surface area contributed by atoms with Gasteiger partial charge in [0.15, 0.2) is 0 Å². The summed E-state index contributed by atoms with van der Waals surface area (Å²) in [7, 11) is 0. The third-order valence-corrected chi connectivity index (χ3v) is 7.92. The van der Waals surface area contributed by atoms with Crippen molar-refractivity contribution in [1.29, 1.82) is 5.26 Å². The number of carboxylic acid groups (broad SMARTS) is 1. The molecule has 2 aromatic heterocycles. The molecule has 0 bridgehead atoms. The number of ether oxygens (including phenoxy) is 2. The maximum atomic E-state index is 11.7. The molecule has 3 N–H and O–H groups in total. The number of hydrogen-bond donors (Lipinski definition) is 3. The van der Waals surface area contributed by atoms with E-state index in [1.54, 1.807) is 24.4 Å². The summed E-state index contributed by atoms with van der Waals surface area (Å²) in [6.45, 7) is 3.17. The van der Waals surface area contributed by atoms with E-state index in [0.717, 1.165) is 33.2 Å². The largest absolute Gasteiger partial charge is 0.488 e. The normalized spacial score (nSPS) is 12.3. The first-order chi connectivity index (χ1) is 21.7. The molecule has 10 heteroatoms. The van der Waals surface area contributed by atoms with Crippen LogP contribution in [0.15, 0.2) is 85.3 Å². The summed E-state index contributed by atoms with van der Waals surface area (Å²) in [5, 5.41) is 32.7. The van der Waals surface area contributed by atoms with Crippen molar-refractivity contribution in [3.05, 3.63) is 118 Å². The van der Waals surface area contributed by atoms with Gasteiger partial charge in [0.05, 0.1) is 22.7 Å². The van der Waals surface area contributed by atoms with Gasteiger partial charge < -0.3 is 19.7 Å². The number of benzene rings is 3. The number of carbonyl (C=O) groups is 1. The Kier molecular flexibility index (Phi) is 9.59. The molecule has 5 aromatic rings. The van der Waals surface area contributed by atoms with Crippen molar-refractivity contribution in [2.24, 2.45) is 0 Å². The second-order valence-corrected chi connectivity index (χ2v) is 11.2. The fourth-order valence-corrected chi connectivity index (χ4v) is 5.00. The lowest BCUT2D eigenvalue weighted by atomic mass is 9.97. The highest BCUT2D eigenvalue weighted by Gasteiger charge is 2.32. The Labute approximate surface area is 265 Å². The van der Waals surface area contributed by atoms with Gasteiger partial charge in [-0.3, -0.25) is 20.1 Å². The molecule has 0 saturated carbocycles.